The van der Waals surface area contributed by atoms with E-state index in [0.29, 0.717) is 25.8 Å². The fourth-order valence-corrected chi connectivity index (χ4v) is 3.38. The van der Waals surface area contributed by atoms with E-state index in [9.17, 15) is 9.59 Å². The molecule has 112 valence electrons. The van der Waals surface area contributed by atoms with Crippen LogP contribution in [0.2, 0.25) is 0 Å². The maximum Gasteiger partial charge on any atom is 0.224 e. The summed E-state index contributed by atoms with van der Waals surface area (Å²) in [6.07, 6.45) is 4.89. The number of amides is 1. The normalized spacial score (nSPS) is 13.0. The number of thiazole rings is 1. The molecule has 2 aromatic rings. The molecule has 0 radical (unpaired) electrons. The van der Waals surface area contributed by atoms with Crippen LogP contribution < -0.4 is 5.32 Å². The number of benzene rings is 1. The van der Waals surface area contributed by atoms with Crippen molar-refractivity contribution in [1.82, 2.24) is 10.3 Å². The van der Waals surface area contributed by atoms with Gasteiger partial charge in [-0.3, -0.25) is 9.59 Å². The standard InChI is InChI=1S/C17H16N2O2S/c20-13-6-7-14-15(11-13)22-17(19-14)8-9-18-16(21)10-12-4-2-1-3-5-12/h1-7H,8-11H2,(H,18,21). The number of carbonyl (C=O) groups is 2. The number of hydrogen-bond donors (Lipinski definition) is 1. The Morgan fingerprint density at radius 3 is 2.86 bits per heavy atom. The molecule has 0 spiro atoms. The van der Waals surface area contributed by atoms with Crippen molar-refractivity contribution in [2.24, 2.45) is 0 Å². The summed E-state index contributed by atoms with van der Waals surface area (Å²) in [5.74, 6) is 0.140. The van der Waals surface area contributed by atoms with E-state index < -0.39 is 0 Å². The van der Waals surface area contributed by atoms with Gasteiger partial charge in [-0.25, -0.2) is 4.98 Å². The highest BCUT2D eigenvalue weighted by atomic mass is 32.1. The monoisotopic (exact) mass is 312 g/mol. The number of nitrogens with zero attached hydrogens (tertiary/aromatic N) is 1. The summed E-state index contributed by atoms with van der Waals surface area (Å²) >= 11 is 1.56. The number of ketones is 1. The van der Waals surface area contributed by atoms with Gasteiger partial charge < -0.3 is 5.32 Å². The van der Waals surface area contributed by atoms with Crippen LogP contribution in [0.15, 0.2) is 36.4 Å². The van der Waals surface area contributed by atoms with Crippen LogP contribution in [0, 0.1) is 0 Å². The van der Waals surface area contributed by atoms with Gasteiger partial charge in [-0.15, -0.1) is 11.3 Å². The molecule has 1 aromatic heterocycles. The minimum atomic E-state index is 0.0163. The van der Waals surface area contributed by atoms with Gasteiger partial charge in [-0.1, -0.05) is 30.3 Å². The molecule has 1 amide bonds. The molecule has 0 fully saturated rings. The Labute approximate surface area is 132 Å². The predicted molar refractivity (Wildman–Crippen MR) is 86.7 cm³/mol. The van der Waals surface area contributed by atoms with Gasteiger partial charge in [-0.05, 0) is 17.7 Å². The Morgan fingerprint density at radius 1 is 1.23 bits per heavy atom. The van der Waals surface area contributed by atoms with Gasteiger partial charge in [0.2, 0.25) is 5.91 Å². The number of allylic oxidation sites excluding steroid dienone is 1. The average Bonchev–Trinajstić information content (AvgIpc) is 2.90. The Balaban J connectivity index is 1.48. The SMILES string of the molecule is O=C1C=Cc2nc(CCNC(=O)Cc3ccccc3)sc2C1. The van der Waals surface area contributed by atoms with E-state index in [1.54, 1.807) is 23.5 Å². The molecule has 0 aliphatic heterocycles. The zero-order chi connectivity index (χ0) is 15.4. The first kappa shape index (κ1) is 14.7. The summed E-state index contributed by atoms with van der Waals surface area (Å²) in [6.45, 7) is 0.565. The molecule has 0 unspecified atom stereocenters. The molecule has 0 bridgehead atoms. The van der Waals surface area contributed by atoms with Crippen molar-refractivity contribution in [3.05, 3.63) is 57.6 Å². The number of aromatic nitrogens is 1. The van der Waals surface area contributed by atoms with E-state index in [0.717, 1.165) is 21.1 Å². The third-order valence-corrected chi connectivity index (χ3v) is 4.53. The minimum Gasteiger partial charge on any atom is -0.355 e. The van der Waals surface area contributed by atoms with Gasteiger partial charge in [-0.2, -0.15) is 0 Å². The van der Waals surface area contributed by atoms with E-state index in [2.05, 4.69) is 10.3 Å². The Bertz CT molecular complexity index is 720. The molecule has 1 N–H and O–H groups in total. The molecule has 0 atom stereocenters. The topological polar surface area (TPSA) is 59.1 Å². The van der Waals surface area contributed by atoms with Gasteiger partial charge >= 0.3 is 0 Å². The van der Waals surface area contributed by atoms with Crippen molar-refractivity contribution in [3.8, 4) is 0 Å². The van der Waals surface area contributed by atoms with E-state index in [-0.39, 0.29) is 11.7 Å². The van der Waals surface area contributed by atoms with Gasteiger partial charge in [0.1, 0.15) is 0 Å². The highest BCUT2D eigenvalue weighted by Gasteiger charge is 2.15. The predicted octanol–water partition coefficient (Wildman–Crippen LogP) is 2.18. The third-order valence-electron chi connectivity index (χ3n) is 3.40. The molecule has 0 saturated heterocycles. The molecule has 1 aromatic carbocycles. The molecule has 3 rings (SSSR count). The zero-order valence-electron chi connectivity index (χ0n) is 12.0. The molecular formula is C17H16N2O2S. The van der Waals surface area contributed by atoms with E-state index in [1.807, 2.05) is 30.3 Å². The van der Waals surface area contributed by atoms with Crippen molar-refractivity contribution in [2.75, 3.05) is 6.54 Å². The van der Waals surface area contributed by atoms with E-state index in [4.69, 9.17) is 0 Å². The van der Waals surface area contributed by atoms with Crippen LogP contribution in [0.1, 0.15) is 21.1 Å². The summed E-state index contributed by atoms with van der Waals surface area (Å²) in [4.78, 5) is 28.7. The van der Waals surface area contributed by atoms with Crippen molar-refractivity contribution >= 4 is 29.1 Å². The molecule has 1 aliphatic rings. The molecule has 1 heterocycles. The maximum atomic E-state index is 11.9. The second-order valence-electron chi connectivity index (χ2n) is 5.15. The summed E-state index contributed by atoms with van der Waals surface area (Å²) in [6, 6.07) is 9.68. The maximum absolute atomic E-state index is 11.9. The van der Waals surface area contributed by atoms with E-state index >= 15 is 0 Å². The van der Waals surface area contributed by atoms with Crippen LogP contribution in [-0.2, 0) is 28.9 Å². The Kier molecular flexibility index (Phi) is 4.44. The number of fused-ring (bicyclic) bond motifs is 1. The van der Waals surface area contributed by atoms with Crippen LogP contribution in [-0.4, -0.2) is 23.2 Å². The van der Waals surface area contributed by atoms with Gasteiger partial charge in [0.05, 0.1) is 17.1 Å². The number of hydrogen-bond acceptors (Lipinski definition) is 4. The highest BCUT2D eigenvalue weighted by Crippen LogP contribution is 2.24. The fourth-order valence-electron chi connectivity index (χ4n) is 2.32. The van der Waals surface area contributed by atoms with E-state index in [1.165, 1.54) is 0 Å². The van der Waals surface area contributed by atoms with Gasteiger partial charge in [0.15, 0.2) is 5.78 Å². The van der Waals surface area contributed by atoms with Crippen molar-refractivity contribution < 1.29 is 9.59 Å². The van der Waals surface area contributed by atoms with Crippen LogP contribution >= 0.6 is 11.3 Å². The van der Waals surface area contributed by atoms with Crippen LogP contribution in [0.4, 0.5) is 0 Å². The number of nitrogens with one attached hydrogen (secondary N) is 1. The Morgan fingerprint density at radius 2 is 2.05 bits per heavy atom. The summed E-state index contributed by atoms with van der Waals surface area (Å²) in [7, 11) is 0. The summed E-state index contributed by atoms with van der Waals surface area (Å²) in [5, 5.41) is 3.87. The Hall–Kier alpha value is -2.27. The molecular weight excluding hydrogens is 296 g/mol. The van der Waals surface area contributed by atoms with Gasteiger partial charge in [0, 0.05) is 24.3 Å². The second-order valence-corrected chi connectivity index (χ2v) is 6.32. The first-order valence-electron chi connectivity index (χ1n) is 7.21. The second kappa shape index (κ2) is 6.66. The lowest BCUT2D eigenvalue weighted by Crippen LogP contribution is -2.27. The lowest BCUT2D eigenvalue weighted by Gasteiger charge is -2.03. The molecule has 0 saturated carbocycles. The molecule has 1 aliphatic carbocycles. The average molecular weight is 312 g/mol. The fraction of sp³-hybridized carbons (Fsp3) is 0.235. The first-order chi connectivity index (χ1) is 10.7. The molecule has 5 heteroatoms. The van der Waals surface area contributed by atoms with Gasteiger partial charge in [0.25, 0.3) is 0 Å². The third kappa shape index (κ3) is 3.68. The van der Waals surface area contributed by atoms with Crippen molar-refractivity contribution in [3.63, 3.8) is 0 Å². The first-order valence-corrected chi connectivity index (χ1v) is 8.02. The molecule has 22 heavy (non-hydrogen) atoms. The lowest BCUT2D eigenvalue weighted by molar-refractivity contribution is -0.120. The quantitative estimate of drug-likeness (QED) is 0.920. The lowest BCUT2D eigenvalue weighted by atomic mass is 10.1. The van der Waals surface area contributed by atoms with Crippen LogP contribution in [0.25, 0.3) is 6.08 Å². The summed E-state index contributed by atoms with van der Waals surface area (Å²) in [5.41, 5.74) is 1.91. The minimum absolute atomic E-state index is 0.0163. The van der Waals surface area contributed by atoms with Crippen molar-refractivity contribution in [1.29, 1.82) is 0 Å². The largest absolute Gasteiger partial charge is 0.355 e. The number of carbonyl (C=O) groups excluding carboxylic acids is 2. The van der Waals surface area contributed by atoms with Crippen LogP contribution in [0.3, 0.4) is 0 Å². The molecule has 4 nitrogen and oxygen atoms in total. The highest BCUT2D eigenvalue weighted by molar-refractivity contribution is 7.12. The number of rotatable bonds is 5. The zero-order valence-corrected chi connectivity index (χ0v) is 12.9. The summed E-state index contributed by atoms with van der Waals surface area (Å²) < 4.78 is 0. The van der Waals surface area contributed by atoms with Crippen LogP contribution in [0.5, 0.6) is 0 Å². The smallest absolute Gasteiger partial charge is 0.224 e. The van der Waals surface area contributed by atoms with Crippen molar-refractivity contribution in [2.45, 2.75) is 19.3 Å².